The zero-order chi connectivity index (χ0) is 28.7. The number of methoxy groups -OCH3 is 1. The largest absolute Gasteiger partial charge is 0.509 e. The summed E-state index contributed by atoms with van der Waals surface area (Å²) in [6.07, 6.45) is -4.45. The predicted octanol–water partition coefficient (Wildman–Crippen LogP) is 3.71. The smallest absolute Gasteiger partial charge is 0.497 e. The van der Waals surface area contributed by atoms with Gasteiger partial charge in [-0.3, -0.25) is 15.1 Å². The van der Waals surface area contributed by atoms with Crippen molar-refractivity contribution in [1.82, 2.24) is 15.8 Å². The highest BCUT2D eigenvalue weighted by atomic mass is 16.7. The lowest BCUT2D eigenvalue weighted by atomic mass is 10.0. The van der Waals surface area contributed by atoms with Crippen LogP contribution in [-0.4, -0.2) is 72.3 Å². The molecule has 3 atom stereocenters. The summed E-state index contributed by atoms with van der Waals surface area (Å²) < 4.78 is 27.2. The maximum Gasteiger partial charge on any atom is 0.509 e. The van der Waals surface area contributed by atoms with Crippen LogP contribution in [0.5, 0.6) is 5.75 Å². The van der Waals surface area contributed by atoms with Crippen molar-refractivity contribution in [2.45, 2.75) is 90.8 Å². The van der Waals surface area contributed by atoms with Crippen molar-refractivity contribution in [3.05, 3.63) is 29.8 Å². The van der Waals surface area contributed by atoms with E-state index in [0.717, 1.165) is 5.56 Å². The van der Waals surface area contributed by atoms with E-state index >= 15 is 0 Å². The molecule has 0 radical (unpaired) electrons. The van der Waals surface area contributed by atoms with Crippen LogP contribution >= 0.6 is 0 Å². The molecule has 3 amide bonds. The van der Waals surface area contributed by atoms with Crippen LogP contribution in [-0.2, 0) is 30.2 Å². The normalized spacial score (nSPS) is 19.3. The minimum atomic E-state index is -1.12. The van der Waals surface area contributed by atoms with Gasteiger partial charge in [-0.25, -0.2) is 19.8 Å². The number of benzene rings is 1. The molecular weight excluding hydrogens is 498 g/mol. The molecule has 1 aliphatic rings. The molecule has 1 saturated heterocycles. The van der Waals surface area contributed by atoms with E-state index in [2.05, 4.69) is 10.9 Å². The van der Waals surface area contributed by atoms with E-state index in [4.69, 9.17) is 23.7 Å². The van der Waals surface area contributed by atoms with Crippen molar-refractivity contribution < 1.29 is 42.9 Å². The Hall–Kier alpha value is -3.70. The Morgan fingerprint density at radius 3 is 2.05 bits per heavy atom. The Bertz CT molecular complexity index is 983. The van der Waals surface area contributed by atoms with Gasteiger partial charge in [0.25, 0.3) is 0 Å². The van der Waals surface area contributed by atoms with Crippen molar-refractivity contribution in [1.29, 1.82) is 0 Å². The van der Waals surface area contributed by atoms with Crippen molar-refractivity contribution in [3.8, 4) is 5.75 Å². The van der Waals surface area contributed by atoms with Gasteiger partial charge in [0.15, 0.2) is 12.2 Å². The SMILES string of the molecule is CCC(=O)NNC(=O)O[C@@H]1[C@@H](OC(=O)OC(C)(C)C)CN(C(=O)OC(C)(C)C)[C@@H]1Cc1ccc(OC)cc1. The zero-order valence-corrected chi connectivity index (χ0v) is 23.3. The second kappa shape index (κ2) is 12.7. The fraction of sp³-hybridized carbons (Fsp3) is 0.615. The van der Waals surface area contributed by atoms with E-state index in [1.54, 1.807) is 67.7 Å². The number of nitrogens with zero attached hydrogens (tertiary/aromatic N) is 1. The lowest BCUT2D eigenvalue weighted by molar-refractivity contribution is -0.121. The Labute approximate surface area is 223 Å². The van der Waals surface area contributed by atoms with Crippen molar-refractivity contribution in [2.24, 2.45) is 0 Å². The highest BCUT2D eigenvalue weighted by molar-refractivity contribution is 5.78. The Morgan fingerprint density at radius 2 is 1.53 bits per heavy atom. The van der Waals surface area contributed by atoms with Gasteiger partial charge in [0, 0.05) is 6.42 Å². The molecule has 0 spiro atoms. The average molecular weight is 538 g/mol. The van der Waals surface area contributed by atoms with Crippen molar-refractivity contribution in [2.75, 3.05) is 13.7 Å². The summed E-state index contributed by atoms with van der Waals surface area (Å²) in [4.78, 5) is 51.3. The molecule has 0 aliphatic carbocycles. The second-order valence-corrected chi connectivity index (χ2v) is 10.8. The summed E-state index contributed by atoms with van der Waals surface area (Å²) in [5.41, 5.74) is 3.56. The van der Waals surface area contributed by atoms with Gasteiger partial charge < -0.3 is 23.7 Å². The van der Waals surface area contributed by atoms with Gasteiger partial charge in [0.05, 0.1) is 19.7 Å². The summed E-state index contributed by atoms with van der Waals surface area (Å²) in [7, 11) is 1.55. The number of nitrogens with one attached hydrogen (secondary N) is 2. The van der Waals surface area contributed by atoms with Crippen LogP contribution in [0.15, 0.2) is 24.3 Å². The van der Waals surface area contributed by atoms with Crippen LogP contribution in [0.1, 0.15) is 60.5 Å². The summed E-state index contributed by atoms with van der Waals surface area (Å²) in [6, 6.07) is 6.37. The maximum atomic E-state index is 13.2. The van der Waals surface area contributed by atoms with E-state index < -0.39 is 53.7 Å². The quantitative estimate of drug-likeness (QED) is 0.315. The first-order chi connectivity index (χ1) is 17.6. The molecule has 12 nitrogen and oxygen atoms in total. The van der Waals surface area contributed by atoms with E-state index in [9.17, 15) is 19.2 Å². The molecule has 2 N–H and O–H groups in total. The molecule has 1 aromatic rings. The van der Waals surface area contributed by atoms with Crippen molar-refractivity contribution >= 4 is 24.2 Å². The van der Waals surface area contributed by atoms with Crippen LogP contribution in [0, 0.1) is 0 Å². The monoisotopic (exact) mass is 537 g/mol. The Balaban J connectivity index is 2.39. The third-order valence-corrected chi connectivity index (χ3v) is 5.26. The number of rotatable bonds is 6. The number of hydrogen-bond acceptors (Lipinski definition) is 9. The molecule has 1 fully saturated rings. The number of carbonyl (C=O) groups excluding carboxylic acids is 4. The number of carbonyl (C=O) groups is 4. The van der Waals surface area contributed by atoms with Gasteiger partial charge in [-0.15, -0.1) is 0 Å². The van der Waals surface area contributed by atoms with Crippen LogP contribution in [0.2, 0.25) is 0 Å². The molecule has 0 aromatic heterocycles. The molecule has 0 saturated carbocycles. The number of likely N-dealkylation sites (tertiary alicyclic amines) is 1. The summed E-state index contributed by atoms with van der Waals surface area (Å²) in [5.74, 6) is 0.217. The summed E-state index contributed by atoms with van der Waals surface area (Å²) in [6.45, 7) is 11.7. The zero-order valence-electron chi connectivity index (χ0n) is 23.3. The van der Waals surface area contributed by atoms with Crippen molar-refractivity contribution in [3.63, 3.8) is 0 Å². The van der Waals surface area contributed by atoms with Gasteiger partial charge in [-0.2, -0.15) is 0 Å². The van der Waals surface area contributed by atoms with Crippen LogP contribution in [0.4, 0.5) is 14.4 Å². The van der Waals surface area contributed by atoms with E-state index in [1.807, 2.05) is 12.1 Å². The molecule has 12 heteroatoms. The number of hydrazine groups is 1. The summed E-state index contributed by atoms with van der Waals surface area (Å²) >= 11 is 0. The van der Waals surface area contributed by atoms with Gasteiger partial charge in [-0.1, -0.05) is 19.1 Å². The fourth-order valence-corrected chi connectivity index (χ4v) is 3.64. The molecule has 0 bridgehead atoms. The average Bonchev–Trinajstić information content (AvgIpc) is 3.12. The highest BCUT2D eigenvalue weighted by Gasteiger charge is 2.50. The third kappa shape index (κ3) is 9.64. The standard InChI is InChI=1S/C26H39N3O9/c1-9-20(30)27-28-22(31)36-21-18(14-16-10-12-17(34-8)13-11-16)29(23(32)37-25(2,3)4)15-19(21)35-24(33)38-26(5,6)7/h10-13,18-19,21H,9,14-15H2,1-8H3,(H,27,30)(H,28,31)/t18-,19+,21+/m1/s1. The third-order valence-electron chi connectivity index (χ3n) is 5.26. The van der Waals surface area contributed by atoms with E-state index in [-0.39, 0.29) is 19.4 Å². The molecule has 0 unspecified atom stereocenters. The number of amides is 3. The van der Waals surface area contributed by atoms with Crippen LogP contribution in [0.25, 0.3) is 0 Å². The molecule has 1 aliphatic heterocycles. The Kier molecular flexibility index (Phi) is 10.2. The number of hydrogen-bond donors (Lipinski definition) is 2. The van der Waals surface area contributed by atoms with Crippen LogP contribution in [0.3, 0.4) is 0 Å². The topological polar surface area (TPSA) is 142 Å². The fourth-order valence-electron chi connectivity index (χ4n) is 3.64. The second-order valence-electron chi connectivity index (χ2n) is 10.8. The van der Waals surface area contributed by atoms with E-state index in [1.165, 1.54) is 4.90 Å². The summed E-state index contributed by atoms with van der Waals surface area (Å²) in [5, 5.41) is 0. The molecule has 2 rings (SSSR count). The first-order valence-electron chi connectivity index (χ1n) is 12.4. The van der Waals surface area contributed by atoms with Gasteiger partial charge in [0.1, 0.15) is 17.0 Å². The lowest BCUT2D eigenvalue weighted by Gasteiger charge is -2.30. The molecule has 38 heavy (non-hydrogen) atoms. The molecule has 212 valence electrons. The highest BCUT2D eigenvalue weighted by Crippen LogP contribution is 2.30. The maximum absolute atomic E-state index is 13.2. The van der Waals surface area contributed by atoms with E-state index in [0.29, 0.717) is 5.75 Å². The Morgan fingerprint density at radius 1 is 0.921 bits per heavy atom. The molecular formula is C26H39N3O9. The minimum absolute atomic E-state index is 0.117. The number of ether oxygens (including phenoxy) is 5. The first-order valence-corrected chi connectivity index (χ1v) is 12.4. The minimum Gasteiger partial charge on any atom is -0.497 e. The first kappa shape index (κ1) is 30.5. The van der Waals surface area contributed by atoms with Gasteiger partial charge >= 0.3 is 18.3 Å². The van der Waals surface area contributed by atoms with Crippen LogP contribution < -0.4 is 15.6 Å². The lowest BCUT2D eigenvalue weighted by Crippen LogP contribution is -2.48. The van der Waals surface area contributed by atoms with Gasteiger partial charge in [0.2, 0.25) is 5.91 Å². The predicted molar refractivity (Wildman–Crippen MR) is 136 cm³/mol. The molecule has 1 heterocycles. The molecule has 1 aromatic carbocycles. The van der Waals surface area contributed by atoms with Gasteiger partial charge in [-0.05, 0) is 65.7 Å².